The van der Waals surface area contributed by atoms with Gasteiger partial charge in [-0.3, -0.25) is 0 Å². The number of allylic oxidation sites excluding steroid dienone is 4. The number of benzene rings is 4. The molecule has 14 heteroatoms. The molecule has 4 aliphatic heterocycles. The Morgan fingerprint density at radius 1 is 0.333 bits per heavy atom. The van der Waals surface area contributed by atoms with E-state index in [1.54, 1.807) is 0 Å². The van der Waals surface area contributed by atoms with Crippen molar-refractivity contribution in [1.82, 2.24) is 0 Å². The summed E-state index contributed by atoms with van der Waals surface area (Å²) in [6, 6.07) is 27.2. The van der Waals surface area contributed by atoms with Crippen LogP contribution in [0.2, 0.25) is 0 Å². The minimum Gasteiger partial charge on any atom is -0.405 e. The summed E-state index contributed by atoms with van der Waals surface area (Å²) in [7, 11) is -1.74. The van der Waals surface area contributed by atoms with E-state index in [0.29, 0.717) is 0 Å². The Morgan fingerprint density at radius 3 is 0.810 bits per heavy atom. The van der Waals surface area contributed by atoms with Crippen LogP contribution in [-0.2, 0) is 48.1 Å². The fraction of sp³-hybridized carbons (Fsp3) is 0.543. The zero-order valence-corrected chi connectivity index (χ0v) is 57.1. The van der Waals surface area contributed by atoms with Crippen molar-refractivity contribution in [3.63, 3.8) is 0 Å². The highest BCUT2D eigenvalue weighted by molar-refractivity contribution is 9.10. The monoisotopic (exact) mass is 1270 g/mol. The van der Waals surface area contributed by atoms with Crippen LogP contribution >= 0.6 is 31.9 Å². The molecule has 4 aromatic rings. The molecule has 6 aliphatic rings. The van der Waals surface area contributed by atoms with Crippen LogP contribution in [0.1, 0.15) is 210 Å². The third-order valence-corrected chi connectivity index (χ3v) is 21.5. The fourth-order valence-corrected chi connectivity index (χ4v) is 13.5. The van der Waals surface area contributed by atoms with Gasteiger partial charge in [0.2, 0.25) is 0 Å². The van der Waals surface area contributed by atoms with Gasteiger partial charge in [0.1, 0.15) is 0 Å². The molecule has 0 N–H and O–H groups in total. The highest BCUT2D eigenvalue weighted by Crippen LogP contribution is 2.57. The average molecular weight is 1270 g/mol. The molecule has 0 amide bonds. The lowest BCUT2D eigenvalue weighted by molar-refractivity contribution is 0.00578. The standard InChI is InChI=1S/C35H48B2O4.C23H24Br2.C12H24B2O4/c1-11-13-15-21-35(22-16-14-12-2)29-23-25(36-38-31(3,4)32(5,6)39-36)17-19-27(29)28-20-18-26(24-30(28)35)37-40-33(7,8)34(9,10)41-37;1-3-5-7-13-23(14-8-6-4-2)21-15-17(24)9-11-19(21)20-12-10-18(25)16-22(20)23;1-9(2)10(3,4)16-13(15-9)14-17-11(5,6)12(7,8)18-14/h11-12,17-20,23-24H,1-2,13-16,21-22H2,3-10H3;3-4,9-12,15-16H,1-2,5-8,13-14H2;1-8H3. The van der Waals surface area contributed by atoms with Gasteiger partial charge in [-0.15, -0.1) is 26.3 Å². The molecule has 2 aliphatic carbocycles. The van der Waals surface area contributed by atoms with Crippen LogP contribution in [-0.4, -0.2) is 73.1 Å². The third-order valence-electron chi connectivity index (χ3n) is 20.6. The molecule has 0 bridgehead atoms. The summed E-state index contributed by atoms with van der Waals surface area (Å²) >= 11 is 7.40. The van der Waals surface area contributed by atoms with E-state index in [0.717, 1.165) is 96.9 Å². The normalized spacial score (nSPS) is 22.0. The Balaban J connectivity index is 0.000000181. The second-order valence-corrected chi connectivity index (χ2v) is 30.1. The Kier molecular flexibility index (Phi) is 19.8. The Hall–Kier alpha value is -3.26. The molecule has 84 heavy (non-hydrogen) atoms. The Morgan fingerprint density at radius 2 is 0.560 bits per heavy atom. The van der Waals surface area contributed by atoms with Crippen molar-refractivity contribution in [3.05, 3.63) is 155 Å². The molecule has 4 aromatic carbocycles. The zero-order chi connectivity index (χ0) is 61.7. The summed E-state index contributed by atoms with van der Waals surface area (Å²) in [5.74, 6) is 0. The summed E-state index contributed by atoms with van der Waals surface area (Å²) in [6.45, 7) is 49.0. The fourth-order valence-electron chi connectivity index (χ4n) is 12.7. The lowest BCUT2D eigenvalue weighted by Gasteiger charge is -2.33. The molecular formula is C70H96B4Br2O8. The molecule has 0 unspecified atom stereocenters. The van der Waals surface area contributed by atoms with Gasteiger partial charge in [0.15, 0.2) is 0 Å². The van der Waals surface area contributed by atoms with Crippen molar-refractivity contribution in [2.75, 3.05) is 0 Å². The van der Waals surface area contributed by atoms with Gasteiger partial charge < -0.3 is 37.2 Å². The van der Waals surface area contributed by atoms with Crippen molar-refractivity contribution in [3.8, 4) is 22.3 Å². The molecule has 4 heterocycles. The number of fused-ring (bicyclic) bond motifs is 6. The van der Waals surface area contributed by atoms with E-state index in [2.05, 4.69) is 186 Å². The van der Waals surface area contributed by atoms with E-state index in [9.17, 15) is 0 Å². The SMILES string of the molecule is C=CCCCC1(CCCC=C)c2cc(B3OC(C)(C)C(C)(C)O3)ccc2-c2ccc(B3OC(C)(C)C(C)(C)O3)cc21.C=CCCCC1(CCCC=C)c2cc(Br)ccc2-c2ccc(Br)cc21.CC1(C)OB(B2OC(C)(C)C(C)(C)O2)OC1(C)C. The van der Waals surface area contributed by atoms with E-state index in [-0.39, 0.29) is 55.6 Å². The van der Waals surface area contributed by atoms with Crippen LogP contribution in [0.15, 0.2) is 132 Å². The predicted octanol–water partition coefficient (Wildman–Crippen LogP) is 17.7. The topological polar surface area (TPSA) is 73.8 Å². The molecule has 0 spiro atoms. The lowest BCUT2D eigenvalue weighted by Crippen LogP contribution is -2.41. The second-order valence-electron chi connectivity index (χ2n) is 28.3. The molecule has 0 aromatic heterocycles. The maximum atomic E-state index is 6.50. The van der Waals surface area contributed by atoms with Crippen molar-refractivity contribution < 1.29 is 37.2 Å². The van der Waals surface area contributed by atoms with Gasteiger partial charge >= 0.3 is 28.3 Å². The van der Waals surface area contributed by atoms with Gasteiger partial charge in [0.25, 0.3) is 0 Å². The van der Waals surface area contributed by atoms with Crippen LogP contribution in [0.4, 0.5) is 0 Å². The first-order chi connectivity index (χ1) is 39.2. The third kappa shape index (κ3) is 12.8. The molecule has 10 rings (SSSR count). The van der Waals surface area contributed by atoms with Crippen molar-refractivity contribution >= 4 is 71.0 Å². The van der Waals surface area contributed by atoms with Gasteiger partial charge in [-0.1, -0.05) is 105 Å². The van der Waals surface area contributed by atoms with Crippen LogP contribution in [0.25, 0.3) is 22.3 Å². The van der Waals surface area contributed by atoms with Crippen LogP contribution in [0.5, 0.6) is 0 Å². The number of hydrogen-bond donors (Lipinski definition) is 0. The Bertz CT molecular complexity index is 2800. The van der Waals surface area contributed by atoms with Crippen molar-refractivity contribution in [2.45, 2.75) is 243 Å². The summed E-state index contributed by atoms with van der Waals surface area (Å²) in [6.07, 6.45) is 21.1. The summed E-state index contributed by atoms with van der Waals surface area (Å²) in [4.78, 5) is 0. The predicted molar refractivity (Wildman–Crippen MR) is 361 cm³/mol. The highest BCUT2D eigenvalue weighted by atomic mass is 79.9. The first-order valence-electron chi connectivity index (χ1n) is 30.9. The summed E-state index contributed by atoms with van der Waals surface area (Å²) in [5.41, 5.74) is 10.2. The quantitative estimate of drug-likeness (QED) is 0.0522. The van der Waals surface area contributed by atoms with Gasteiger partial charge in [-0.25, -0.2) is 0 Å². The summed E-state index contributed by atoms with van der Waals surface area (Å²) in [5, 5.41) is 0. The smallest absolute Gasteiger partial charge is 0.405 e. The van der Waals surface area contributed by atoms with E-state index >= 15 is 0 Å². The van der Waals surface area contributed by atoms with Crippen LogP contribution in [0, 0.1) is 0 Å². The van der Waals surface area contributed by atoms with Crippen molar-refractivity contribution in [1.29, 1.82) is 0 Å². The average Bonchev–Trinajstić information content (AvgIpc) is 2.29. The molecule has 450 valence electrons. The number of rotatable bonds is 19. The largest absolute Gasteiger partial charge is 0.494 e. The molecule has 0 atom stereocenters. The van der Waals surface area contributed by atoms with Gasteiger partial charge in [-0.2, -0.15) is 0 Å². The van der Waals surface area contributed by atoms with E-state index in [1.165, 1.54) is 44.5 Å². The first-order valence-corrected chi connectivity index (χ1v) is 32.5. The van der Waals surface area contributed by atoms with Gasteiger partial charge in [-0.05, 0) is 268 Å². The van der Waals surface area contributed by atoms with Crippen molar-refractivity contribution in [2.24, 2.45) is 0 Å². The van der Waals surface area contributed by atoms with Crippen LogP contribution < -0.4 is 10.9 Å². The van der Waals surface area contributed by atoms with E-state index in [4.69, 9.17) is 37.2 Å². The van der Waals surface area contributed by atoms with Gasteiger partial charge in [0.05, 0.1) is 44.8 Å². The second kappa shape index (κ2) is 25.0. The molecule has 4 saturated heterocycles. The number of unbranched alkanes of at least 4 members (excludes halogenated alkanes) is 4. The molecule has 4 fully saturated rings. The van der Waals surface area contributed by atoms with E-state index in [1.807, 2.05) is 79.7 Å². The number of halogens is 2. The summed E-state index contributed by atoms with van der Waals surface area (Å²) < 4.78 is 52.2. The molecule has 0 radical (unpaired) electrons. The molecule has 0 saturated carbocycles. The van der Waals surface area contributed by atoms with Gasteiger partial charge in [0, 0.05) is 19.8 Å². The molecule has 8 nitrogen and oxygen atoms in total. The minimum atomic E-state index is -0.476. The highest BCUT2D eigenvalue weighted by Gasteiger charge is 2.64. The zero-order valence-electron chi connectivity index (χ0n) is 53.9. The van der Waals surface area contributed by atoms with Crippen LogP contribution in [0.3, 0.4) is 0 Å². The lowest BCUT2D eigenvalue weighted by atomic mass is 9.49. The minimum absolute atomic E-state index is 0.0875. The molecular weight excluding hydrogens is 1170 g/mol. The maximum absolute atomic E-state index is 6.50. The Labute approximate surface area is 525 Å². The first kappa shape index (κ1) is 66.7. The van der Waals surface area contributed by atoms with E-state index < -0.39 is 28.3 Å². The maximum Gasteiger partial charge on any atom is 0.494 e. The number of hydrogen-bond acceptors (Lipinski definition) is 8.